The third kappa shape index (κ3) is 3.57. The van der Waals surface area contributed by atoms with E-state index in [-0.39, 0.29) is 29.7 Å². The molecular weight excluding hydrogens is 304 g/mol. The summed E-state index contributed by atoms with van der Waals surface area (Å²) in [5.74, 6) is -0.0155. The van der Waals surface area contributed by atoms with Crippen LogP contribution in [-0.2, 0) is 6.54 Å². The highest BCUT2D eigenvalue weighted by atomic mass is 16.3. The Balaban J connectivity index is 1.93. The molecular formula is C19H22N2O3. The molecule has 126 valence electrons. The zero-order valence-corrected chi connectivity index (χ0v) is 13.7. The smallest absolute Gasteiger partial charge is 0.260 e. The minimum atomic E-state index is -0.384. The van der Waals surface area contributed by atoms with Gasteiger partial charge < -0.3 is 15.0 Å². The van der Waals surface area contributed by atoms with Crippen molar-refractivity contribution in [3.63, 3.8) is 0 Å². The van der Waals surface area contributed by atoms with Crippen LogP contribution >= 0.6 is 0 Å². The zero-order chi connectivity index (χ0) is 17.1. The number of benzene rings is 1. The number of aromatic amines is 1. The third-order valence-corrected chi connectivity index (χ3v) is 4.50. The average molecular weight is 326 g/mol. The van der Waals surface area contributed by atoms with Crippen LogP contribution in [0.3, 0.4) is 0 Å². The summed E-state index contributed by atoms with van der Waals surface area (Å²) in [4.78, 5) is 29.5. The van der Waals surface area contributed by atoms with Crippen molar-refractivity contribution >= 4 is 5.91 Å². The first-order valence-corrected chi connectivity index (χ1v) is 8.26. The highest BCUT2D eigenvalue weighted by Gasteiger charge is 2.37. The van der Waals surface area contributed by atoms with E-state index in [0.717, 1.165) is 18.4 Å². The van der Waals surface area contributed by atoms with Gasteiger partial charge in [0.2, 0.25) is 0 Å². The van der Waals surface area contributed by atoms with Gasteiger partial charge in [0.05, 0.1) is 12.6 Å². The van der Waals surface area contributed by atoms with Gasteiger partial charge in [-0.2, -0.15) is 0 Å². The van der Waals surface area contributed by atoms with Crippen molar-refractivity contribution < 1.29 is 9.90 Å². The number of carbonyl (C=O) groups is 1. The van der Waals surface area contributed by atoms with Crippen LogP contribution in [0, 0.1) is 12.8 Å². The molecule has 5 heteroatoms. The number of nitrogens with zero attached hydrogens (tertiary/aromatic N) is 1. The molecule has 0 unspecified atom stereocenters. The Labute approximate surface area is 140 Å². The Morgan fingerprint density at radius 2 is 1.96 bits per heavy atom. The van der Waals surface area contributed by atoms with Gasteiger partial charge in [-0.3, -0.25) is 9.59 Å². The minimum absolute atomic E-state index is 0.0903. The summed E-state index contributed by atoms with van der Waals surface area (Å²) in [7, 11) is 0. The Morgan fingerprint density at radius 3 is 2.54 bits per heavy atom. The number of amides is 1. The molecule has 5 nitrogen and oxygen atoms in total. The molecule has 1 heterocycles. The lowest BCUT2D eigenvalue weighted by Gasteiger charge is -2.31. The number of aryl methyl sites for hydroxylation is 1. The van der Waals surface area contributed by atoms with Crippen molar-refractivity contribution in [2.45, 2.75) is 32.4 Å². The lowest BCUT2D eigenvalue weighted by molar-refractivity contribution is 0.0529. The summed E-state index contributed by atoms with van der Waals surface area (Å²) in [5.41, 5.74) is 1.43. The number of aliphatic hydroxyl groups excluding tert-OH is 1. The molecule has 0 saturated heterocycles. The van der Waals surface area contributed by atoms with Gasteiger partial charge in [-0.1, -0.05) is 30.3 Å². The zero-order valence-electron chi connectivity index (χ0n) is 13.7. The number of H-pyrrole nitrogens is 1. The van der Waals surface area contributed by atoms with E-state index in [1.54, 1.807) is 24.0 Å². The maximum absolute atomic E-state index is 13.0. The summed E-state index contributed by atoms with van der Waals surface area (Å²) >= 11 is 0. The van der Waals surface area contributed by atoms with Crippen LogP contribution in [0.15, 0.2) is 47.3 Å². The molecule has 3 rings (SSSR count). The Hall–Kier alpha value is -2.40. The van der Waals surface area contributed by atoms with Crippen molar-refractivity contribution in [2.75, 3.05) is 6.61 Å². The second kappa shape index (κ2) is 7.01. The van der Waals surface area contributed by atoms with E-state index in [1.165, 1.54) is 0 Å². The van der Waals surface area contributed by atoms with Gasteiger partial charge in [-0.05, 0) is 43.4 Å². The third-order valence-electron chi connectivity index (χ3n) is 4.50. The summed E-state index contributed by atoms with van der Waals surface area (Å²) in [5, 5.41) is 9.81. The van der Waals surface area contributed by atoms with Gasteiger partial charge in [-0.15, -0.1) is 0 Å². The molecule has 1 saturated carbocycles. The number of pyridine rings is 1. The fraction of sp³-hybridized carbons (Fsp3) is 0.368. The van der Waals surface area contributed by atoms with E-state index >= 15 is 0 Å². The molecule has 0 bridgehead atoms. The number of nitrogens with one attached hydrogen (secondary N) is 1. The first kappa shape index (κ1) is 16.5. The first-order chi connectivity index (χ1) is 11.6. The van der Waals surface area contributed by atoms with Crippen molar-refractivity contribution in [3.05, 3.63) is 69.6 Å². The van der Waals surface area contributed by atoms with Gasteiger partial charge in [-0.25, -0.2) is 0 Å². The number of aliphatic hydroxyl groups is 1. The van der Waals surface area contributed by atoms with Gasteiger partial charge >= 0.3 is 0 Å². The fourth-order valence-corrected chi connectivity index (χ4v) is 3.00. The van der Waals surface area contributed by atoms with Crippen molar-refractivity contribution in [1.82, 2.24) is 9.88 Å². The van der Waals surface area contributed by atoms with E-state index < -0.39 is 0 Å². The Morgan fingerprint density at radius 1 is 1.25 bits per heavy atom. The maximum Gasteiger partial charge on any atom is 0.260 e. The van der Waals surface area contributed by atoms with Crippen LogP contribution in [-0.4, -0.2) is 33.5 Å². The lowest BCUT2D eigenvalue weighted by atomic mass is 10.1. The molecule has 0 spiro atoms. The summed E-state index contributed by atoms with van der Waals surface area (Å²) in [6.45, 7) is 2.07. The Bertz CT molecular complexity index is 766. The maximum atomic E-state index is 13.0. The lowest BCUT2D eigenvalue weighted by Crippen LogP contribution is -2.45. The minimum Gasteiger partial charge on any atom is -0.394 e. The monoisotopic (exact) mass is 326 g/mol. The molecule has 2 aromatic rings. The van der Waals surface area contributed by atoms with Crippen LogP contribution in [0.2, 0.25) is 0 Å². The van der Waals surface area contributed by atoms with Crippen LogP contribution in [0.4, 0.5) is 0 Å². The normalized spacial score (nSPS) is 15.1. The van der Waals surface area contributed by atoms with Gasteiger partial charge in [0.15, 0.2) is 0 Å². The second-order valence-electron chi connectivity index (χ2n) is 6.39. The number of hydrogen-bond donors (Lipinski definition) is 2. The standard InChI is InChI=1S/C19H22N2O3/c1-13-7-10-16(18(23)20-13)19(24)21(17(12-22)15-8-9-15)11-14-5-3-2-4-6-14/h2-7,10,15,17,22H,8-9,11-12H2,1H3,(H,20,23)/t17-/m1/s1. The van der Waals surface area contributed by atoms with Gasteiger partial charge in [0.1, 0.15) is 5.56 Å². The molecule has 1 aromatic carbocycles. The first-order valence-electron chi connectivity index (χ1n) is 8.26. The topological polar surface area (TPSA) is 73.4 Å². The molecule has 1 fully saturated rings. The average Bonchev–Trinajstić information content (AvgIpc) is 3.40. The van der Waals surface area contributed by atoms with Crippen LogP contribution < -0.4 is 5.56 Å². The molecule has 2 N–H and O–H groups in total. The molecule has 0 radical (unpaired) electrons. The van der Waals surface area contributed by atoms with Crippen molar-refractivity contribution in [3.8, 4) is 0 Å². The highest BCUT2D eigenvalue weighted by molar-refractivity contribution is 5.94. The van der Waals surface area contributed by atoms with E-state index in [2.05, 4.69) is 4.98 Å². The van der Waals surface area contributed by atoms with Gasteiger partial charge in [0, 0.05) is 12.2 Å². The van der Waals surface area contributed by atoms with Crippen LogP contribution in [0.1, 0.15) is 34.5 Å². The summed E-state index contributed by atoms with van der Waals surface area (Å²) in [6.07, 6.45) is 2.02. The molecule has 1 atom stereocenters. The van der Waals surface area contributed by atoms with E-state index in [4.69, 9.17) is 0 Å². The number of aromatic nitrogens is 1. The molecule has 1 amide bonds. The highest BCUT2D eigenvalue weighted by Crippen LogP contribution is 2.36. The molecule has 1 aromatic heterocycles. The predicted molar refractivity (Wildman–Crippen MR) is 91.7 cm³/mol. The number of carbonyl (C=O) groups excluding carboxylic acids is 1. The largest absolute Gasteiger partial charge is 0.394 e. The van der Waals surface area contributed by atoms with Crippen molar-refractivity contribution in [1.29, 1.82) is 0 Å². The van der Waals surface area contributed by atoms with Crippen LogP contribution in [0.5, 0.6) is 0 Å². The van der Waals surface area contributed by atoms with Crippen LogP contribution in [0.25, 0.3) is 0 Å². The summed E-state index contributed by atoms with van der Waals surface area (Å²) in [6, 6.07) is 12.7. The van der Waals surface area contributed by atoms with Crippen molar-refractivity contribution in [2.24, 2.45) is 5.92 Å². The van der Waals surface area contributed by atoms with E-state index in [1.807, 2.05) is 30.3 Å². The second-order valence-corrected chi connectivity index (χ2v) is 6.39. The van der Waals surface area contributed by atoms with E-state index in [0.29, 0.717) is 18.2 Å². The fourth-order valence-electron chi connectivity index (χ4n) is 3.00. The quantitative estimate of drug-likeness (QED) is 0.854. The SMILES string of the molecule is Cc1ccc(C(=O)N(Cc2ccccc2)[C@H](CO)C2CC2)c(=O)[nH]1. The Kier molecular flexibility index (Phi) is 4.81. The number of hydrogen-bond acceptors (Lipinski definition) is 3. The predicted octanol–water partition coefficient (Wildman–Crippen LogP) is 2.10. The molecule has 1 aliphatic rings. The summed E-state index contributed by atoms with van der Waals surface area (Å²) < 4.78 is 0. The number of rotatable bonds is 6. The molecule has 0 aliphatic heterocycles. The van der Waals surface area contributed by atoms with Gasteiger partial charge in [0.25, 0.3) is 11.5 Å². The van der Waals surface area contributed by atoms with E-state index in [9.17, 15) is 14.7 Å². The molecule has 24 heavy (non-hydrogen) atoms. The molecule has 1 aliphatic carbocycles.